The standard InChI is InChI=1S/C44H61F2N7O10/c1-26-39(57)52-17-9-13-34(52)42(60)62-25-32(49-37(55)31(22-28-20-29(45)23-30(46)21-28)48-36(54)15-14-27-10-6-5-7-11-27)40(58)51-16-8-12-33(51)41(59)53-19-18-50(24-35(53)38(56)47-26)43(61)63-44(2,3)4/h20-21,23,26-27,31-35H,5-19,22,24-25H2,1-4H3,(H,47,56)(H,48,54)(H,49,55)/t26-,31-,32-,33-,34-,35?/m0/s1. The van der Waals surface area contributed by atoms with Crippen molar-refractivity contribution in [2.45, 2.75) is 147 Å². The van der Waals surface area contributed by atoms with E-state index in [0.717, 1.165) is 44.2 Å². The fourth-order valence-electron chi connectivity index (χ4n) is 9.30. The summed E-state index contributed by atoms with van der Waals surface area (Å²) in [5.74, 6) is -6.38. The highest BCUT2D eigenvalue weighted by atomic mass is 19.1. The number of esters is 1. The van der Waals surface area contributed by atoms with E-state index in [9.17, 15) is 47.1 Å². The van der Waals surface area contributed by atoms with Gasteiger partial charge in [-0.05, 0) is 83.4 Å². The highest BCUT2D eigenvalue weighted by Crippen LogP contribution is 2.28. The summed E-state index contributed by atoms with van der Waals surface area (Å²) >= 11 is 0. The SMILES string of the molecule is C[C@@H]1NC(=O)C2CN(C(=O)OC(C)(C)C)CCN2C(=O)[C@@H]2CCCN2C(=O)[C@@H](NC(=O)[C@H](Cc2cc(F)cc(F)c2)NC(=O)CCC2CCCCC2)COC(=O)[C@@H]2CCCN2C1=O. The molecule has 1 saturated carbocycles. The quantitative estimate of drug-likeness (QED) is 0.325. The molecule has 1 aromatic carbocycles. The van der Waals surface area contributed by atoms with Crippen LogP contribution in [0.2, 0.25) is 0 Å². The smallest absolute Gasteiger partial charge is 0.410 e. The first kappa shape index (κ1) is 47.1. The van der Waals surface area contributed by atoms with E-state index in [1.165, 1.54) is 26.5 Å². The molecule has 346 valence electrons. The summed E-state index contributed by atoms with van der Waals surface area (Å²) in [5, 5.41) is 8.00. The summed E-state index contributed by atoms with van der Waals surface area (Å²) < 4.78 is 39.9. The molecular weight excluding hydrogens is 825 g/mol. The number of halogens is 2. The molecule has 5 fully saturated rings. The molecule has 19 heteroatoms. The van der Waals surface area contributed by atoms with Crippen LogP contribution in [0.3, 0.4) is 0 Å². The third kappa shape index (κ3) is 12.0. The Morgan fingerprint density at radius 3 is 2.11 bits per heavy atom. The van der Waals surface area contributed by atoms with Gasteiger partial charge in [-0.15, -0.1) is 0 Å². The summed E-state index contributed by atoms with van der Waals surface area (Å²) in [6.45, 7) is 5.69. The first-order valence-electron chi connectivity index (χ1n) is 22.3. The van der Waals surface area contributed by atoms with Crippen LogP contribution in [0.15, 0.2) is 18.2 Å². The maximum absolute atomic E-state index is 14.6. The Bertz CT molecular complexity index is 1900. The van der Waals surface area contributed by atoms with Crippen molar-refractivity contribution in [3.05, 3.63) is 35.4 Å². The van der Waals surface area contributed by atoms with E-state index in [-0.39, 0.29) is 64.0 Å². The molecule has 1 aromatic rings. The monoisotopic (exact) mass is 885 g/mol. The van der Waals surface area contributed by atoms with Crippen molar-refractivity contribution in [1.82, 2.24) is 35.6 Å². The van der Waals surface area contributed by atoms with Gasteiger partial charge in [-0.25, -0.2) is 18.4 Å². The number of carbonyl (C=O) groups excluding carboxylic acids is 8. The number of carbonyl (C=O) groups is 8. The molecule has 6 atom stereocenters. The highest BCUT2D eigenvalue weighted by molar-refractivity contribution is 5.98. The van der Waals surface area contributed by atoms with Gasteiger partial charge >= 0.3 is 12.1 Å². The zero-order chi connectivity index (χ0) is 45.6. The van der Waals surface area contributed by atoms with Crippen LogP contribution in [0.5, 0.6) is 0 Å². The largest absolute Gasteiger partial charge is 0.461 e. The van der Waals surface area contributed by atoms with Gasteiger partial charge in [0.1, 0.15) is 60.1 Å². The minimum atomic E-state index is -1.61. The van der Waals surface area contributed by atoms with Gasteiger partial charge in [0.25, 0.3) is 0 Å². The summed E-state index contributed by atoms with van der Waals surface area (Å²) in [7, 11) is 0. The molecule has 1 unspecified atom stereocenters. The average molecular weight is 886 g/mol. The lowest BCUT2D eigenvalue weighted by Crippen LogP contribution is -2.66. The summed E-state index contributed by atoms with van der Waals surface area (Å²) in [4.78, 5) is 117. The predicted octanol–water partition coefficient (Wildman–Crippen LogP) is 2.33. The van der Waals surface area contributed by atoms with Crippen LogP contribution in [0, 0.1) is 17.6 Å². The molecule has 1 aliphatic carbocycles. The molecule has 4 aliphatic heterocycles. The van der Waals surface area contributed by atoms with Gasteiger partial charge in [-0.3, -0.25) is 28.8 Å². The average Bonchev–Trinajstić information content (AvgIpc) is 3.93. The van der Waals surface area contributed by atoms with E-state index >= 15 is 0 Å². The molecule has 4 saturated heterocycles. The fourth-order valence-corrected chi connectivity index (χ4v) is 9.30. The van der Waals surface area contributed by atoms with Crippen LogP contribution in [0.25, 0.3) is 0 Å². The number of amides is 7. The van der Waals surface area contributed by atoms with E-state index in [1.54, 1.807) is 20.8 Å². The minimum Gasteiger partial charge on any atom is -0.461 e. The van der Waals surface area contributed by atoms with Crippen molar-refractivity contribution >= 4 is 47.5 Å². The van der Waals surface area contributed by atoms with Crippen molar-refractivity contribution in [1.29, 1.82) is 0 Å². The van der Waals surface area contributed by atoms with Crippen molar-refractivity contribution in [2.24, 2.45) is 5.92 Å². The lowest BCUT2D eigenvalue weighted by Gasteiger charge is -2.43. The molecule has 17 nitrogen and oxygen atoms in total. The lowest BCUT2D eigenvalue weighted by atomic mass is 9.86. The lowest BCUT2D eigenvalue weighted by molar-refractivity contribution is -0.158. The van der Waals surface area contributed by atoms with Crippen LogP contribution >= 0.6 is 0 Å². The molecule has 0 spiro atoms. The number of ether oxygens (including phenoxy) is 2. The second kappa shape index (κ2) is 20.4. The first-order chi connectivity index (χ1) is 29.9. The molecule has 3 N–H and O–H groups in total. The third-order valence-electron chi connectivity index (χ3n) is 12.5. The second-order valence-electron chi connectivity index (χ2n) is 18.4. The van der Waals surface area contributed by atoms with Gasteiger partial charge in [0.2, 0.25) is 35.4 Å². The van der Waals surface area contributed by atoms with Crippen LogP contribution in [-0.2, 0) is 49.5 Å². The molecule has 7 amide bonds. The van der Waals surface area contributed by atoms with E-state index < -0.39 is 108 Å². The number of hydrogen-bond acceptors (Lipinski definition) is 10. The van der Waals surface area contributed by atoms with Crippen LogP contribution < -0.4 is 16.0 Å². The Kier molecular flexibility index (Phi) is 15.3. The third-order valence-corrected chi connectivity index (χ3v) is 12.5. The number of fused-ring (bicyclic) bond motifs is 3. The van der Waals surface area contributed by atoms with E-state index in [1.807, 2.05) is 0 Å². The molecule has 0 aromatic heterocycles. The van der Waals surface area contributed by atoms with Gasteiger partial charge < -0.3 is 45.0 Å². The van der Waals surface area contributed by atoms with Gasteiger partial charge in [0, 0.05) is 45.1 Å². The first-order valence-corrected chi connectivity index (χ1v) is 22.3. The fraction of sp³-hybridized carbons (Fsp3) is 0.682. The minimum absolute atomic E-state index is 0.00660. The molecule has 6 rings (SSSR count). The maximum atomic E-state index is 14.6. The molecular formula is C44H61F2N7O10. The second-order valence-corrected chi connectivity index (χ2v) is 18.4. The van der Waals surface area contributed by atoms with Crippen molar-refractivity contribution in [2.75, 3.05) is 39.3 Å². The van der Waals surface area contributed by atoms with Crippen LogP contribution in [0.1, 0.15) is 104 Å². The topological polar surface area (TPSA) is 204 Å². The van der Waals surface area contributed by atoms with Crippen molar-refractivity contribution in [3.63, 3.8) is 0 Å². The normalized spacial score (nSPS) is 26.0. The number of rotatable bonds is 8. The highest BCUT2D eigenvalue weighted by Gasteiger charge is 2.47. The van der Waals surface area contributed by atoms with Crippen LogP contribution in [-0.4, -0.2) is 148 Å². The van der Waals surface area contributed by atoms with Crippen LogP contribution in [0.4, 0.5) is 13.6 Å². The Morgan fingerprint density at radius 1 is 0.810 bits per heavy atom. The number of nitrogens with one attached hydrogen (secondary N) is 3. The molecule has 5 aliphatic rings. The van der Waals surface area contributed by atoms with Gasteiger partial charge in [0.15, 0.2) is 0 Å². The summed E-state index contributed by atoms with van der Waals surface area (Å²) in [5.41, 5.74) is -0.790. The Hall–Kier alpha value is -5.36. The zero-order valence-corrected chi connectivity index (χ0v) is 36.6. The molecule has 63 heavy (non-hydrogen) atoms. The Labute approximate surface area is 366 Å². The number of cyclic esters (lactones) is 1. The van der Waals surface area contributed by atoms with E-state index in [0.29, 0.717) is 31.2 Å². The van der Waals surface area contributed by atoms with Gasteiger partial charge in [-0.1, -0.05) is 32.1 Å². The molecule has 4 heterocycles. The van der Waals surface area contributed by atoms with Crippen molar-refractivity contribution < 1.29 is 56.6 Å². The number of nitrogens with zero attached hydrogens (tertiary/aromatic N) is 4. The summed E-state index contributed by atoms with van der Waals surface area (Å²) in [6.07, 6.45) is 6.10. The van der Waals surface area contributed by atoms with E-state index in [4.69, 9.17) is 9.47 Å². The predicted molar refractivity (Wildman–Crippen MR) is 221 cm³/mol. The number of piperazine rings is 1. The zero-order valence-electron chi connectivity index (χ0n) is 36.6. The van der Waals surface area contributed by atoms with E-state index in [2.05, 4.69) is 16.0 Å². The van der Waals surface area contributed by atoms with Gasteiger partial charge in [0.05, 0.1) is 6.54 Å². The Morgan fingerprint density at radius 2 is 1.44 bits per heavy atom. The Balaban J connectivity index is 1.29. The van der Waals surface area contributed by atoms with Crippen molar-refractivity contribution in [3.8, 4) is 0 Å². The molecule has 0 bridgehead atoms. The molecule has 0 radical (unpaired) electrons. The number of benzene rings is 1. The summed E-state index contributed by atoms with van der Waals surface area (Å²) in [6, 6.07) is -4.92. The maximum Gasteiger partial charge on any atom is 0.410 e. The number of hydrogen-bond donors (Lipinski definition) is 3. The van der Waals surface area contributed by atoms with Gasteiger partial charge in [-0.2, -0.15) is 0 Å².